The van der Waals surface area contributed by atoms with Crippen LogP contribution in [-0.4, -0.2) is 14.8 Å². The third-order valence-corrected chi connectivity index (χ3v) is 2.62. The maximum Gasteiger partial charge on any atom is 0.0584 e. The summed E-state index contributed by atoms with van der Waals surface area (Å²) in [5.74, 6) is 0. The first-order valence-electron chi connectivity index (χ1n) is 5.41. The van der Waals surface area contributed by atoms with Gasteiger partial charge in [0, 0.05) is 30.2 Å². The second kappa shape index (κ2) is 4.45. The Morgan fingerprint density at radius 2 is 2.25 bits per heavy atom. The Balaban J connectivity index is 2.27. The smallest absolute Gasteiger partial charge is 0.0584 e. The first-order chi connectivity index (χ1) is 7.70. The van der Waals surface area contributed by atoms with Gasteiger partial charge in [-0.25, -0.2) is 0 Å². The Labute approximate surface area is 95.1 Å². The topological polar surface area (TPSA) is 56.7 Å². The fourth-order valence-electron chi connectivity index (χ4n) is 1.67. The van der Waals surface area contributed by atoms with Crippen LogP contribution >= 0.6 is 0 Å². The van der Waals surface area contributed by atoms with E-state index in [1.54, 1.807) is 6.20 Å². The molecule has 4 nitrogen and oxygen atoms in total. The average molecular weight is 216 g/mol. The molecule has 16 heavy (non-hydrogen) atoms. The zero-order chi connectivity index (χ0) is 11.5. The van der Waals surface area contributed by atoms with Crippen molar-refractivity contribution in [3.05, 3.63) is 47.5 Å². The van der Waals surface area contributed by atoms with Crippen molar-refractivity contribution in [1.82, 2.24) is 14.8 Å². The number of aromatic nitrogens is 3. The van der Waals surface area contributed by atoms with E-state index < -0.39 is 0 Å². The number of aryl methyl sites for hydroxylation is 2. The number of hydrogen-bond donors (Lipinski definition) is 1. The average Bonchev–Trinajstić information content (AvgIpc) is 2.76. The summed E-state index contributed by atoms with van der Waals surface area (Å²) in [6.45, 7) is 4.88. The van der Waals surface area contributed by atoms with Crippen LogP contribution in [0.5, 0.6) is 0 Å². The minimum Gasteiger partial charge on any atom is -0.320 e. The van der Waals surface area contributed by atoms with Crippen LogP contribution in [0.3, 0.4) is 0 Å². The molecule has 2 aromatic heterocycles. The number of rotatable bonds is 3. The summed E-state index contributed by atoms with van der Waals surface area (Å²) >= 11 is 0. The molecule has 0 aliphatic heterocycles. The molecule has 0 fully saturated rings. The van der Waals surface area contributed by atoms with Gasteiger partial charge < -0.3 is 5.73 Å². The van der Waals surface area contributed by atoms with Crippen molar-refractivity contribution in [2.45, 2.75) is 26.4 Å². The highest BCUT2D eigenvalue weighted by molar-refractivity contribution is 5.28. The third kappa shape index (κ3) is 2.12. The molecular formula is C12H16N4. The van der Waals surface area contributed by atoms with Crippen molar-refractivity contribution in [2.75, 3.05) is 0 Å². The van der Waals surface area contributed by atoms with Crippen LogP contribution in [0.15, 0.2) is 30.7 Å². The van der Waals surface area contributed by atoms with Gasteiger partial charge in [0.15, 0.2) is 0 Å². The third-order valence-electron chi connectivity index (χ3n) is 2.62. The Hall–Kier alpha value is -1.68. The van der Waals surface area contributed by atoms with Crippen LogP contribution in [0, 0.1) is 6.92 Å². The largest absolute Gasteiger partial charge is 0.320 e. The van der Waals surface area contributed by atoms with E-state index in [1.807, 2.05) is 36.1 Å². The SMILES string of the molecule is CCn1cc(C(N)c2ccnc(C)c2)cn1. The predicted molar refractivity (Wildman–Crippen MR) is 62.9 cm³/mol. The molecule has 0 aliphatic rings. The van der Waals surface area contributed by atoms with Gasteiger partial charge in [-0.15, -0.1) is 0 Å². The van der Waals surface area contributed by atoms with Gasteiger partial charge in [-0.1, -0.05) is 0 Å². The van der Waals surface area contributed by atoms with Crippen LogP contribution < -0.4 is 5.73 Å². The lowest BCUT2D eigenvalue weighted by Gasteiger charge is -2.09. The molecular weight excluding hydrogens is 200 g/mol. The van der Waals surface area contributed by atoms with Gasteiger partial charge in [0.1, 0.15) is 0 Å². The molecule has 0 radical (unpaired) electrons. The first kappa shape index (κ1) is 10.8. The Kier molecular flexibility index (Phi) is 3.01. The van der Waals surface area contributed by atoms with Gasteiger partial charge in [0.2, 0.25) is 0 Å². The molecule has 0 saturated heterocycles. The minimum absolute atomic E-state index is 0.123. The molecule has 0 bridgehead atoms. The van der Waals surface area contributed by atoms with E-state index in [2.05, 4.69) is 17.0 Å². The lowest BCUT2D eigenvalue weighted by Crippen LogP contribution is -2.11. The maximum absolute atomic E-state index is 6.17. The molecule has 2 aromatic rings. The number of pyridine rings is 1. The molecule has 2 rings (SSSR count). The summed E-state index contributed by atoms with van der Waals surface area (Å²) < 4.78 is 1.88. The molecule has 2 N–H and O–H groups in total. The van der Waals surface area contributed by atoms with Crippen molar-refractivity contribution in [3.63, 3.8) is 0 Å². The summed E-state index contributed by atoms with van der Waals surface area (Å²) in [5.41, 5.74) is 9.26. The van der Waals surface area contributed by atoms with Gasteiger partial charge in [-0.3, -0.25) is 9.67 Å². The van der Waals surface area contributed by atoms with Crippen molar-refractivity contribution < 1.29 is 0 Å². The summed E-state index contributed by atoms with van der Waals surface area (Å²) in [5, 5.41) is 4.22. The van der Waals surface area contributed by atoms with E-state index >= 15 is 0 Å². The molecule has 0 aliphatic carbocycles. The van der Waals surface area contributed by atoms with Crippen LogP contribution in [-0.2, 0) is 6.54 Å². The fraction of sp³-hybridized carbons (Fsp3) is 0.333. The van der Waals surface area contributed by atoms with E-state index in [0.717, 1.165) is 23.4 Å². The van der Waals surface area contributed by atoms with E-state index in [-0.39, 0.29) is 6.04 Å². The minimum atomic E-state index is -0.123. The fourth-order valence-corrected chi connectivity index (χ4v) is 1.67. The second-order valence-corrected chi connectivity index (χ2v) is 3.84. The van der Waals surface area contributed by atoms with Gasteiger partial charge in [0.25, 0.3) is 0 Å². The Morgan fingerprint density at radius 3 is 2.88 bits per heavy atom. The predicted octanol–water partition coefficient (Wildman–Crippen LogP) is 1.65. The van der Waals surface area contributed by atoms with E-state index in [9.17, 15) is 0 Å². The summed E-state index contributed by atoms with van der Waals surface area (Å²) in [4.78, 5) is 4.16. The molecule has 1 unspecified atom stereocenters. The Morgan fingerprint density at radius 1 is 1.44 bits per heavy atom. The van der Waals surface area contributed by atoms with Gasteiger partial charge in [0.05, 0.1) is 12.2 Å². The van der Waals surface area contributed by atoms with Crippen molar-refractivity contribution in [2.24, 2.45) is 5.73 Å². The highest BCUT2D eigenvalue weighted by atomic mass is 15.3. The number of nitrogens with zero attached hydrogens (tertiary/aromatic N) is 3. The van der Waals surface area contributed by atoms with Crippen molar-refractivity contribution in [3.8, 4) is 0 Å². The second-order valence-electron chi connectivity index (χ2n) is 3.84. The van der Waals surface area contributed by atoms with Gasteiger partial charge in [-0.2, -0.15) is 5.10 Å². The van der Waals surface area contributed by atoms with Crippen LogP contribution in [0.4, 0.5) is 0 Å². The van der Waals surface area contributed by atoms with Crippen LogP contribution in [0.2, 0.25) is 0 Å². The monoisotopic (exact) mass is 216 g/mol. The van der Waals surface area contributed by atoms with Gasteiger partial charge >= 0.3 is 0 Å². The van der Waals surface area contributed by atoms with E-state index in [4.69, 9.17) is 5.73 Å². The van der Waals surface area contributed by atoms with E-state index in [0.29, 0.717) is 0 Å². The molecule has 2 heterocycles. The van der Waals surface area contributed by atoms with Crippen molar-refractivity contribution >= 4 is 0 Å². The number of nitrogens with two attached hydrogens (primary N) is 1. The Bertz CT molecular complexity index is 475. The quantitative estimate of drug-likeness (QED) is 0.848. The highest BCUT2D eigenvalue weighted by Crippen LogP contribution is 2.18. The number of hydrogen-bond acceptors (Lipinski definition) is 3. The lowest BCUT2D eigenvalue weighted by molar-refractivity contribution is 0.658. The van der Waals surface area contributed by atoms with E-state index in [1.165, 1.54) is 0 Å². The van der Waals surface area contributed by atoms with Crippen LogP contribution in [0.1, 0.15) is 29.8 Å². The molecule has 0 amide bonds. The summed E-state index contributed by atoms with van der Waals surface area (Å²) in [6, 6.07) is 3.83. The molecule has 0 aromatic carbocycles. The maximum atomic E-state index is 6.17. The van der Waals surface area contributed by atoms with Crippen molar-refractivity contribution in [1.29, 1.82) is 0 Å². The lowest BCUT2D eigenvalue weighted by atomic mass is 10.0. The van der Waals surface area contributed by atoms with Crippen LogP contribution in [0.25, 0.3) is 0 Å². The molecule has 1 atom stereocenters. The van der Waals surface area contributed by atoms with Gasteiger partial charge in [-0.05, 0) is 31.5 Å². The molecule has 4 heteroatoms. The highest BCUT2D eigenvalue weighted by Gasteiger charge is 2.10. The molecule has 0 saturated carbocycles. The molecule has 84 valence electrons. The first-order valence-corrected chi connectivity index (χ1v) is 5.41. The summed E-state index contributed by atoms with van der Waals surface area (Å²) in [7, 11) is 0. The zero-order valence-electron chi connectivity index (χ0n) is 9.59. The summed E-state index contributed by atoms with van der Waals surface area (Å²) in [6.07, 6.45) is 5.60. The zero-order valence-corrected chi connectivity index (χ0v) is 9.59. The standard InChI is InChI=1S/C12H16N4/c1-3-16-8-11(7-15-16)12(13)10-4-5-14-9(2)6-10/h4-8,12H,3,13H2,1-2H3. The normalized spacial score (nSPS) is 12.7. The molecule has 0 spiro atoms.